The fourth-order valence-corrected chi connectivity index (χ4v) is 1.81. The van der Waals surface area contributed by atoms with Crippen LogP contribution in [-0.2, 0) is 6.42 Å². The second-order valence-electron chi connectivity index (χ2n) is 3.88. The van der Waals surface area contributed by atoms with Gasteiger partial charge in [0.1, 0.15) is 11.6 Å². The first-order chi connectivity index (χ1) is 8.19. The van der Waals surface area contributed by atoms with Gasteiger partial charge in [0.25, 0.3) is 0 Å². The minimum Gasteiger partial charge on any atom is -0.472 e. The zero-order chi connectivity index (χ0) is 12.3. The second-order valence-corrected chi connectivity index (χ2v) is 3.88. The lowest BCUT2D eigenvalue weighted by molar-refractivity contribution is 0.541. The molecule has 4 heteroatoms. The number of rotatable bonds is 4. The van der Waals surface area contributed by atoms with Crippen LogP contribution in [0.3, 0.4) is 0 Å². The summed E-state index contributed by atoms with van der Waals surface area (Å²) in [5.74, 6) is -1.13. The molecule has 2 nitrogen and oxygen atoms in total. The number of hydrogen-bond acceptors (Lipinski definition) is 2. The Bertz CT molecular complexity index is 462. The van der Waals surface area contributed by atoms with E-state index in [-0.39, 0.29) is 6.04 Å². The molecule has 0 radical (unpaired) electrons. The van der Waals surface area contributed by atoms with Crippen LogP contribution in [0.25, 0.3) is 0 Å². The van der Waals surface area contributed by atoms with Crippen molar-refractivity contribution in [3.8, 4) is 0 Å². The van der Waals surface area contributed by atoms with Gasteiger partial charge in [-0.3, -0.25) is 0 Å². The monoisotopic (exact) mass is 237 g/mol. The van der Waals surface area contributed by atoms with Crippen molar-refractivity contribution in [2.45, 2.75) is 12.5 Å². The molecule has 0 amide bonds. The summed E-state index contributed by atoms with van der Waals surface area (Å²) in [5, 5.41) is 3.04. The third-order valence-corrected chi connectivity index (χ3v) is 2.66. The number of furan rings is 1. The van der Waals surface area contributed by atoms with Gasteiger partial charge in [0.15, 0.2) is 0 Å². The fraction of sp³-hybridized carbons (Fsp3) is 0.231. The summed E-state index contributed by atoms with van der Waals surface area (Å²) in [5.41, 5.74) is 1.57. The van der Waals surface area contributed by atoms with E-state index in [1.807, 2.05) is 6.07 Å². The van der Waals surface area contributed by atoms with Crippen LogP contribution < -0.4 is 5.32 Å². The Morgan fingerprint density at radius 3 is 2.47 bits per heavy atom. The van der Waals surface area contributed by atoms with Crippen molar-refractivity contribution in [2.24, 2.45) is 0 Å². The van der Waals surface area contributed by atoms with Gasteiger partial charge in [0, 0.05) is 12.1 Å². The molecule has 0 saturated carbocycles. The van der Waals surface area contributed by atoms with Gasteiger partial charge in [-0.05, 0) is 42.8 Å². The lowest BCUT2D eigenvalue weighted by atomic mass is 10.0. The molecule has 0 saturated heterocycles. The van der Waals surface area contributed by atoms with Crippen molar-refractivity contribution < 1.29 is 13.2 Å². The molecule has 0 fully saturated rings. The van der Waals surface area contributed by atoms with Crippen molar-refractivity contribution >= 4 is 0 Å². The normalized spacial score (nSPS) is 12.6. The van der Waals surface area contributed by atoms with E-state index in [9.17, 15) is 8.78 Å². The van der Waals surface area contributed by atoms with Crippen LogP contribution in [0.4, 0.5) is 8.78 Å². The number of hydrogen-bond donors (Lipinski definition) is 1. The molecule has 2 rings (SSSR count). The standard InChI is InChI=1S/C13H13F2NO/c1-16-13(4-9-2-3-17-8-9)10-5-11(14)7-12(15)6-10/h2-3,5-8,13,16H,4H2,1H3. The van der Waals surface area contributed by atoms with Gasteiger partial charge in [-0.25, -0.2) is 8.78 Å². The average Bonchev–Trinajstić information content (AvgIpc) is 2.77. The van der Waals surface area contributed by atoms with Gasteiger partial charge < -0.3 is 9.73 Å². The van der Waals surface area contributed by atoms with Crippen molar-refractivity contribution in [3.05, 3.63) is 59.6 Å². The summed E-state index contributed by atoms with van der Waals surface area (Å²) in [4.78, 5) is 0. The molecule has 0 bridgehead atoms. The SMILES string of the molecule is CNC(Cc1ccoc1)c1cc(F)cc(F)c1. The first-order valence-corrected chi connectivity index (χ1v) is 5.33. The first-order valence-electron chi connectivity index (χ1n) is 5.33. The number of halogens is 2. The van der Waals surface area contributed by atoms with Gasteiger partial charge in [-0.15, -0.1) is 0 Å². The van der Waals surface area contributed by atoms with Gasteiger partial charge in [-0.2, -0.15) is 0 Å². The van der Waals surface area contributed by atoms with Crippen LogP contribution in [0.5, 0.6) is 0 Å². The summed E-state index contributed by atoms with van der Waals surface area (Å²) < 4.78 is 31.2. The molecule has 1 atom stereocenters. The molecular weight excluding hydrogens is 224 g/mol. The molecule has 1 heterocycles. The van der Waals surface area contributed by atoms with Crippen LogP contribution in [0.15, 0.2) is 41.2 Å². The number of benzene rings is 1. The lowest BCUT2D eigenvalue weighted by Crippen LogP contribution is -2.19. The zero-order valence-electron chi connectivity index (χ0n) is 9.41. The van der Waals surface area contributed by atoms with Gasteiger partial charge in [0.2, 0.25) is 0 Å². The van der Waals surface area contributed by atoms with E-state index >= 15 is 0 Å². The van der Waals surface area contributed by atoms with E-state index in [4.69, 9.17) is 4.42 Å². The van der Waals surface area contributed by atoms with Crippen LogP contribution in [0.2, 0.25) is 0 Å². The number of nitrogens with one attached hydrogen (secondary N) is 1. The average molecular weight is 237 g/mol. The fourth-order valence-electron chi connectivity index (χ4n) is 1.81. The van der Waals surface area contributed by atoms with Gasteiger partial charge in [0.05, 0.1) is 12.5 Å². The second kappa shape index (κ2) is 5.10. The molecule has 1 aromatic heterocycles. The molecular formula is C13H13F2NO. The van der Waals surface area contributed by atoms with Crippen molar-refractivity contribution in [1.82, 2.24) is 5.32 Å². The minimum atomic E-state index is -0.563. The Labute approximate surface area is 98.3 Å². The maximum absolute atomic E-state index is 13.1. The summed E-state index contributed by atoms with van der Waals surface area (Å²) in [6.07, 6.45) is 3.82. The van der Waals surface area contributed by atoms with Crippen LogP contribution >= 0.6 is 0 Å². The molecule has 17 heavy (non-hydrogen) atoms. The molecule has 0 aliphatic carbocycles. The predicted octanol–water partition coefficient (Wildman–Crippen LogP) is 3.06. The highest BCUT2D eigenvalue weighted by molar-refractivity contribution is 5.23. The molecule has 1 aromatic carbocycles. The topological polar surface area (TPSA) is 25.2 Å². The van der Waals surface area contributed by atoms with Crippen LogP contribution in [0, 0.1) is 11.6 Å². The Morgan fingerprint density at radius 2 is 1.94 bits per heavy atom. The molecule has 0 spiro atoms. The Balaban J connectivity index is 2.22. The highest BCUT2D eigenvalue weighted by atomic mass is 19.1. The Kier molecular flexibility index (Phi) is 3.54. The highest BCUT2D eigenvalue weighted by Crippen LogP contribution is 2.20. The molecule has 90 valence electrons. The highest BCUT2D eigenvalue weighted by Gasteiger charge is 2.13. The van der Waals surface area contributed by atoms with E-state index < -0.39 is 11.6 Å². The van der Waals surface area contributed by atoms with Gasteiger partial charge >= 0.3 is 0 Å². The van der Waals surface area contributed by atoms with Crippen molar-refractivity contribution in [3.63, 3.8) is 0 Å². The largest absolute Gasteiger partial charge is 0.472 e. The van der Waals surface area contributed by atoms with E-state index in [2.05, 4.69) is 5.32 Å². The molecule has 0 aliphatic rings. The third kappa shape index (κ3) is 2.91. The predicted molar refractivity (Wildman–Crippen MR) is 60.6 cm³/mol. The maximum atomic E-state index is 13.1. The van der Waals surface area contributed by atoms with Crippen LogP contribution in [-0.4, -0.2) is 7.05 Å². The van der Waals surface area contributed by atoms with E-state index in [0.29, 0.717) is 12.0 Å². The third-order valence-electron chi connectivity index (χ3n) is 2.66. The molecule has 1 N–H and O–H groups in total. The van der Waals surface area contributed by atoms with E-state index in [1.165, 1.54) is 12.1 Å². The summed E-state index contributed by atoms with van der Waals surface area (Å²) in [6, 6.07) is 5.24. The smallest absolute Gasteiger partial charge is 0.126 e. The Hall–Kier alpha value is -1.68. The van der Waals surface area contributed by atoms with Crippen molar-refractivity contribution in [2.75, 3.05) is 7.05 Å². The van der Waals surface area contributed by atoms with E-state index in [1.54, 1.807) is 19.6 Å². The summed E-state index contributed by atoms with van der Waals surface area (Å²) >= 11 is 0. The zero-order valence-corrected chi connectivity index (χ0v) is 9.41. The number of likely N-dealkylation sites (N-methyl/N-ethyl adjacent to an activating group) is 1. The summed E-state index contributed by atoms with van der Waals surface area (Å²) in [7, 11) is 1.76. The Morgan fingerprint density at radius 1 is 1.24 bits per heavy atom. The van der Waals surface area contributed by atoms with Crippen LogP contribution in [0.1, 0.15) is 17.2 Å². The molecule has 2 aromatic rings. The van der Waals surface area contributed by atoms with E-state index in [0.717, 1.165) is 11.6 Å². The maximum Gasteiger partial charge on any atom is 0.126 e. The first kappa shape index (κ1) is 11.8. The van der Waals surface area contributed by atoms with Gasteiger partial charge in [-0.1, -0.05) is 0 Å². The summed E-state index contributed by atoms with van der Waals surface area (Å²) in [6.45, 7) is 0. The van der Waals surface area contributed by atoms with Crippen molar-refractivity contribution in [1.29, 1.82) is 0 Å². The quantitative estimate of drug-likeness (QED) is 0.884. The minimum absolute atomic E-state index is 0.141. The lowest BCUT2D eigenvalue weighted by Gasteiger charge is -2.15. The molecule has 1 unspecified atom stereocenters. The molecule has 0 aliphatic heterocycles.